The number of imide groups is 1. The van der Waals surface area contributed by atoms with Gasteiger partial charge in [0.25, 0.3) is 11.1 Å². The maximum absolute atomic E-state index is 11.8. The third kappa shape index (κ3) is 4.63. The first-order valence-corrected chi connectivity index (χ1v) is 11.4. The number of nitrogens with zero attached hydrogens (tertiary/aromatic N) is 4. The predicted molar refractivity (Wildman–Crippen MR) is 125 cm³/mol. The lowest BCUT2D eigenvalue weighted by molar-refractivity contribution is -0.115. The SMILES string of the molecule is O=C1NC(=O)/C(=C/c2ccnc(N3CCC[C@@H](NCc4ccc5ccccc5n4)C3)n2)S1. The molecule has 0 unspecified atom stereocenters. The second kappa shape index (κ2) is 9.05. The number of benzene rings is 1. The van der Waals surface area contributed by atoms with Crippen LogP contribution < -0.4 is 15.5 Å². The largest absolute Gasteiger partial charge is 0.339 e. The molecule has 2 aliphatic heterocycles. The van der Waals surface area contributed by atoms with Gasteiger partial charge in [-0.1, -0.05) is 24.3 Å². The molecule has 162 valence electrons. The topological polar surface area (TPSA) is 100 Å². The maximum atomic E-state index is 11.8. The molecule has 2 aromatic heterocycles. The molecular weight excluding hydrogens is 424 g/mol. The van der Waals surface area contributed by atoms with Crippen LogP contribution >= 0.6 is 11.8 Å². The molecular formula is C23H22N6O2S. The van der Waals surface area contributed by atoms with Crippen LogP contribution in [0.3, 0.4) is 0 Å². The van der Waals surface area contributed by atoms with E-state index in [1.165, 1.54) is 0 Å². The fourth-order valence-electron chi connectivity index (χ4n) is 3.93. The number of para-hydroxylation sites is 1. The zero-order valence-corrected chi connectivity index (χ0v) is 18.1. The quantitative estimate of drug-likeness (QED) is 0.577. The molecule has 3 aromatic rings. The van der Waals surface area contributed by atoms with E-state index in [2.05, 4.69) is 43.7 Å². The van der Waals surface area contributed by atoms with Gasteiger partial charge in [-0.15, -0.1) is 0 Å². The van der Waals surface area contributed by atoms with E-state index < -0.39 is 0 Å². The fourth-order valence-corrected chi connectivity index (χ4v) is 4.60. The second-order valence-corrected chi connectivity index (χ2v) is 8.81. The van der Waals surface area contributed by atoms with E-state index in [-0.39, 0.29) is 11.1 Å². The highest BCUT2D eigenvalue weighted by Gasteiger charge is 2.26. The highest BCUT2D eigenvalue weighted by molar-refractivity contribution is 8.18. The van der Waals surface area contributed by atoms with Gasteiger partial charge in [-0.3, -0.25) is 19.9 Å². The minimum Gasteiger partial charge on any atom is -0.339 e. The lowest BCUT2D eigenvalue weighted by atomic mass is 10.1. The molecule has 2 amide bonds. The van der Waals surface area contributed by atoms with Gasteiger partial charge in [0.05, 0.1) is 21.8 Å². The Morgan fingerprint density at radius 2 is 2.06 bits per heavy atom. The van der Waals surface area contributed by atoms with Crippen molar-refractivity contribution in [3.8, 4) is 0 Å². The van der Waals surface area contributed by atoms with Crippen molar-refractivity contribution < 1.29 is 9.59 Å². The van der Waals surface area contributed by atoms with Crippen LogP contribution in [0.5, 0.6) is 0 Å². The first-order valence-electron chi connectivity index (χ1n) is 10.5. The molecule has 0 radical (unpaired) electrons. The van der Waals surface area contributed by atoms with Gasteiger partial charge in [-0.2, -0.15) is 0 Å². The van der Waals surface area contributed by atoms with Crippen LogP contribution in [0.2, 0.25) is 0 Å². The number of carbonyl (C=O) groups is 2. The molecule has 9 heteroatoms. The zero-order valence-electron chi connectivity index (χ0n) is 17.3. The van der Waals surface area contributed by atoms with Crippen LogP contribution in [-0.4, -0.2) is 45.2 Å². The van der Waals surface area contributed by atoms with Crippen molar-refractivity contribution in [1.29, 1.82) is 0 Å². The Labute approximate surface area is 189 Å². The van der Waals surface area contributed by atoms with Gasteiger partial charge in [-0.25, -0.2) is 9.97 Å². The number of amides is 2. The van der Waals surface area contributed by atoms with Gasteiger partial charge in [0.1, 0.15) is 0 Å². The summed E-state index contributed by atoms with van der Waals surface area (Å²) in [4.78, 5) is 39.4. The predicted octanol–water partition coefficient (Wildman–Crippen LogP) is 3.11. The van der Waals surface area contributed by atoms with Gasteiger partial charge >= 0.3 is 0 Å². The van der Waals surface area contributed by atoms with E-state index in [9.17, 15) is 9.59 Å². The lowest BCUT2D eigenvalue weighted by Gasteiger charge is -2.33. The van der Waals surface area contributed by atoms with E-state index in [0.717, 1.165) is 54.3 Å². The summed E-state index contributed by atoms with van der Waals surface area (Å²) < 4.78 is 0. The first-order chi connectivity index (χ1) is 15.6. The minimum absolute atomic E-state index is 0.302. The number of hydrogen-bond acceptors (Lipinski definition) is 8. The van der Waals surface area contributed by atoms with E-state index in [1.54, 1.807) is 18.3 Å². The van der Waals surface area contributed by atoms with E-state index in [0.29, 0.717) is 29.1 Å². The van der Waals surface area contributed by atoms with Crippen LogP contribution in [0.15, 0.2) is 53.6 Å². The van der Waals surface area contributed by atoms with E-state index in [4.69, 9.17) is 4.98 Å². The second-order valence-electron chi connectivity index (χ2n) is 7.80. The highest BCUT2D eigenvalue weighted by Crippen LogP contribution is 2.25. The van der Waals surface area contributed by atoms with Gasteiger partial charge < -0.3 is 10.2 Å². The van der Waals surface area contributed by atoms with Crippen molar-refractivity contribution in [3.63, 3.8) is 0 Å². The first kappa shape index (κ1) is 20.6. The number of pyridine rings is 1. The summed E-state index contributed by atoms with van der Waals surface area (Å²) in [6.45, 7) is 2.37. The minimum atomic E-state index is -0.385. The van der Waals surface area contributed by atoms with E-state index in [1.807, 2.05) is 18.2 Å². The standard InChI is InChI=1S/C23H22N6O2S/c30-21-20(32-23(31)28-21)12-16-9-10-24-22(27-16)29-11-3-5-18(14-29)25-13-17-8-7-15-4-1-2-6-19(15)26-17/h1-2,4,6-10,12,18,25H,3,5,11,13-14H2,(H,28,30,31)/b20-12-/t18-/m1/s1. The molecule has 5 rings (SSSR count). The molecule has 8 nitrogen and oxygen atoms in total. The molecule has 0 spiro atoms. The third-order valence-electron chi connectivity index (χ3n) is 5.52. The van der Waals surface area contributed by atoms with Crippen molar-refractivity contribution in [2.75, 3.05) is 18.0 Å². The number of aromatic nitrogens is 3. The molecule has 1 atom stereocenters. The van der Waals surface area contributed by atoms with Crippen LogP contribution in [0, 0.1) is 0 Å². The van der Waals surface area contributed by atoms with Crippen LogP contribution in [-0.2, 0) is 11.3 Å². The average Bonchev–Trinajstić information content (AvgIpc) is 3.14. The average molecular weight is 447 g/mol. The van der Waals surface area contributed by atoms with Gasteiger partial charge in [0.15, 0.2) is 0 Å². The number of hydrogen-bond donors (Lipinski definition) is 2. The Balaban J connectivity index is 1.24. The summed E-state index contributed by atoms with van der Waals surface area (Å²) in [5.41, 5.74) is 2.64. The van der Waals surface area contributed by atoms with Crippen molar-refractivity contribution in [1.82, 2.24) is 25.6 Å². The highest BCUT2D eigenvalue weighted by atomic mass is 32.2. The van der Waals surface area contributed by atoms with Crippen molar-refractivity contribution >= 4 is 45.8 Å². The zero-order chi connectivity index (χ0) is 21.9. The number of rotatable bonds is 5. The number of nitrogens with one attached hydrogen (secondary N) is 2. The van der Waals surface area contributed by atoms with Crippen LogP contribution in [0.1, 0.15) is 24.2 Å². The summed E-state index contributed by atoms with van der Waals surface area (Å²) in [5, 5.41) is 6.66. The van der Waals surface area contributed by atoms with Crippen LogP contribution in [0.25, 0.3) is 17.0 Å². The third-order valence-corrected chi connectivity index (χ3v) is 6.33. The fraction of sp³-hybridized carbons (Fsp3) is 0.261. The maximum Gasteiger partial charge on any atom is 0.290 e. The number of piperidine rings is 1. The smallest absolute Gasteiger partial charge is 0.290 e. The normalized spacial score (nSPS) is 20.2. The summed E-state index contributed by atoms with van der Waals surface area (Å²) in [5.74, 6) is 0.245. The molecule has 2 fully saturated rings. The number of carbonyl (C=O) groups excluding carboxylic acids is 2. The molecule has 0 bridgehead atoms. The van der Waals surface area contributed by atoms with Crippen molar-refractivity contribution in [3.05, 3.63) is 65.0 Å². The molecule has 2 saturated heterocycles. The number of anilines is 1. The molecule has 4 heterocycles. The van der Waals surface area contributed by atoms with Crippen LogP contribution in [0.4, 0.5) is 10.7 Å². The molecule has 0 aliphatic carbocycles. The molecule has 0 saturated carbocycles. The molecule has 2 N–H and O–H groups in total. The van der Waals surface area contributed by atoms with Crippen molar-refractivity contribution in [2.24, 2.45) is 0 Å². The van der Waals surface area contributed by atoms with Gasteiger partial charge in [-0.05, 0) is 48.9 Å². The summed E-state index contributed by atoms with van der Waals surface area (Å²) in [6.07, 6.45) is 5.42. The van der Waals surface area contributed by atoms with Gasteiger partial charge in [0, 0.05) is 37.3 Å². The van der Waals surface area contributed by atoms with Crippen molar-refractivity contribution in [2.45, 2.75) is 25.4 Å². The molecule has 1 aromatic carbocycles. The Bertz CT molecular complexity index is 1210. The number of thioether (sulfide) groups is 1. The number of fused-ring (bicyclic) bond motifs is 1. The Kier molecular flexibility index (Phi) is 5.83. The Morgan fingerprint density at radius 1 is 1.16 bits per heavy atom. The Morgan fingerprint density at radius 3 is 2.94 bits per heavy atom. The Hall–Kier alpha value is -3.30. The summed E-state index contributed by atoms with van der Waals surface area (Å²) in [7, 11) is 0. The summed E-state index contributed by atoms with van der Waals surface area (Å²) in [6, 6.07) is 14.3. The monoisotopic (exact) mass is 446 g/mol. The summed E-state index contributed by atoms with van der Waals surface area (Å²) >= 11 is 0.887. The van der Waals surface area contributed by atoms with E-state index >= 15 is 0 Å². The van der Waals surface area contributed by atoms with Gasteiger partial charge in [0.2, 0.25) is 5.95 Å². The lowest BCUT2D eigenvalue weighted by Crippen LogP contribution is -2.46. The molecule has 2 aliphatic rings. The molecule has 32 heavy (non-hydrogen) atoms.